The van der Waals surface area contributed by atoms with Gasteiger partial charge in [-0.1, -0.05) is 0 Å². The zero-order valence-corrected chi connectivity index (χ0v) is 9.68. The second-order valence-electron chi connectivity index (χ2n) is 4.36. The Hall–Kier alpha value is -2.12. The maximum Gasteiger partial charge on any atom is 0.198 e. The van der Waals surface area contributed by atoms with E-state index in [1.165, 1.54) is 0 Å². The molecule has 110 valence electrons. The van der Waals surface area contributed by atoms with E-state index < -0.39 is 69.1 Å². The molecule has 0 aliphatic heterocycles. The lowest BCUT2D eigenvalue weighted by Gasteiger charge is -2.07. The smallest absolute Gasteiger partial charge is 0.198 e. The van der Waals surface area contributed by atoms with Crippen molar-refractivity contribution in [2.24, 2.45) is 0 Å². The van der Waals surface area contributed by atoms with Gasteiger partial charge in [-0.25, -0.2) is 35.1 Å². The summed E-state index contributed by atoms with van der Waals surface area (Å²) >= 11 is 0. The van der Waals surface area contributed by atoms with Crippen LogP contribution in [0.4, 0.5) is 35.1 Å². The Morgan fingerprint density at radius 2 is 1.14 bits per heavy atom. The van der Waals surface area contributed by atoms with Crippen molar-refractivity contribution >= 4 is 0 Å². The van der Waals surface area contributed by atoms with Crippen LogP contribution in [0.2, 0.25) is 0 Å². The minimum atomic E-state index is -2.65. The van der Waals surface area contributed by atoms with Crippen LogP contribution in [0.25, 0.3) is 11.1 Å². The Morgan fingerprint density at radius 1 is 0.619 bits per heavy atom. The minimum Gasteiger partial charge on any atom is -0.237 e. The maximum atomic E-state index is 14.0. The van der Waals surface area contributed by atoms with Gasteiger partial charge < -0.3 is 0 Å². The van der Waals surface area contributed by atoms with E-state index in [4.69, 9.17) is 0 Å². The predicted molar refractivity (Wildman–Crippen MR) is 54.5 cm³/mol. The number of fused-ring (bicyclic) bond motifs is 3. The Balaban J connectivity index is 2.51. The van der Waals surface area contributed by atoms with Crippen molar-refractivity contribution in [3.8, 4) is 11.1 Å². The van der Waals surface area contributed by atoms with Crippen molar-refractivity contribution in [1.29, 1.82) is 0 Å². The standard InChI is InChI=1S/C13H2F8/c14-3-1-2-4(9(17)8(3)16)5-6(7(2)15)11(19)13(21)12(20)10(5)18/h1,7H. The zero-order chi connectivity index (χ0) is 15.6. The van der Waals surface area contributed by atoms with E-state index in [-0.39, 0.29) is 6.07 Å². The van der Waals surface area contributed by atoms with Gasteiger partial charge in [0.25, 0.3) is 0 Å². The topological polar surface area (TPSA) is 0 Å². The number of benzene rings is 2. The number of rotatable bonds is 0. The van der Waals surface area contributed by atoms with Gasteiger partial charge in [-0.3, -0.25) is 0 Å². The largest absolute Gasteiger partial charge is 0.237 e. The van der Waals surface area contributed by atoms with Crippen molar-refractivity contribution in [3.63, 3.8) is 0 Å². The SMILES string of the molecule is Fc1cc2c(c(F)c1F)-c1c(F)c(F)c(F)c(F)c1C2F. The average molecular weight is 310 g/mol. The van der Waals surface area contributed by atoms with Gasteiger partial charge in [-0.15, -0.1) is 0 Å². The molecule has 3 rings (SSSR count). The molecule has 1 unspecified atom stereocenters. The molecular weight excluding hydrogens is 308 g/mol. The van der Waals surface area contributed by atoms with E-state index in [0.29, 0.717) is 0 Å². The van der Waals surface area contributed by atoms with Crippen LogP contribution in [0.3, 0.4) is 0 Å². The molecule has 0 bridgehead atoms. The van der Waals surface area contributed by atoms with Gasteiger partial charge in [-0.2, -0.15) is 0 Å². The molecule has 0 N–H and O–H groups in total. The third-order valence-corrected chi connectivity index (χ3v) is 3.27. The van der Waals surface area contributed by atoms with Crippen LogP contribution in [-0.2, 0) is 0 Å². The monoisotopic (exact) mass is 310 g/mol. The normalized spacial score (nSPS) is 16.1. The lowest BCUT2D eigenvalue weighted by atomic mass is 10.0. The van der Waals surface area contributed by atoms with Gasteiger partial charge in [-0.05, 0) is 6.07 Å². The van der Waals surface area contributed by atoms with Crippen LogP contribution in [0.1, 0.15) is 17.3 Å². The number of hydrogen-bond acceptors (Lipinski definition) is 0. The van der Waals surface area contributed by atoms with Crippen LogP contribution in [0.15, 0.2) is 6.07 Å². The third kappa shape index (κ3) is 1.55. The fourth-order valence-electron chi connectivity index (χ4n) is 2.35. The Kier molecular flexibility index (Phi) is 2.76. The van der Waals surface area contributed by atoms with Crippen LogP contribution in [-0.4, -0.2) is 0 Å². The fourth-order valence-corrected chi connectivity index (χ4v) is 2.35. The molecular formula is C13H2F8. The molecule has 0 fully saturated rings. The van der Waals surface area contributed by atoms with Crippen molar-refractivity contribution in [3.05, 3.63) is 57.9 Å². The molecule has 1 atom stereocenters. The second kappa shape index (κ2) is 4.19. The van der Waals surface area contributed by atoms with Crippen molar-refractivity contribution in [2.75, 3.05) is 0 Å². The van der Waals surface area contributed by atoms with E-state index in [2.05, 4.69) is 0 Å². The molecule has 1 aliphatic rings. The first-order valence-corrected chi connectivity index (χ1v) is 5.45. The van der Waals surface area contributed by atoms with Crippen LogP contribution >= 0.6 is 0 Å². The number of halogens is 8. The third-order valence-electron chi connectivity index (χ3n) is 3.27. The molecule has 0 heterocycles. The quantitative estimate of drug-likeness (QED) is 0.376. The summed E-state index contributed by atoms with van der Waals surface area (Å²) in [5.41, 5.74) is -4.72. The number of alkyl halides is 1. The summed E-state index contributed by atoms with van der Waals surface area (Å²) in [6.45, 7) is 0. The Labute approximate surface area is 111 Å². The molecule has 2 aromatic rings. The zero-order valence-electron chi connectivity index (χ0n) is 9.68. The molecule has 0 nitrogen and oxygen atoms in total. The summed E-state index contributed by atoms with van der Waals surface area (Å²) in [5.74, 6) is -14.6. The lowest BCUT2D eigenvalue weighted by molar-refractivity contribution is 0.365. The molecule has 21 heavy (non-hydrogen) atoms. The molecule has 2 aromatic carbocycles. The van der Waals surface area contributed by atoms with Gasteiger partial charge in [0.15, 0.2) is 46.9 Å². The van der Waals surface area contributed by atoms with E-state index in [9.17, 15) is 35.1 Å². The van der Waals surface area contributed by atoms with E-state index in [1.54, 1.807) is 0 Å². The van der Waals surface area contributed by atoms with Gasteiger partial charge >= 0.3 is 0 Å². The van der Waals surface area contributed by atoms with E-state index in [0.717, 1.165) is 0 Å². The highest BCUT2D eigenvalue weighted by atomic mass is 19.2. The molecule has 8 heteroatoms. The maximum absolute atomic E-state index is 14.0. The fraction of sp³-hybridized carbons (Fsp3) is 0.0769. The molecule has 0 aromatic heterocycles. The summed E-state index contributed by atoms with van der Waals surface area (Å²) in [6, 6.07) is 0.188. The summed E-state index contributed by atoms with van der Waals surface area (Å²) < 4.78 is 107. The first-order valence-electron chi connectivity index (χ1n) is 5.45. The van der Waals surface area contributed by atoms with Gasteiger partial charge in [0, 0.05) is 22.3 Å². The van der Waals surface area contributed by atoms with Gasteiger partial charge in [0.1, 0.15) is 0 Å². The minimum absolute atomic E-state index is 0.188. The van der Waals surface area contributed by atoms with Crippen LogP contribution < -0.4 is 0 Å². The Morgan fingerprint density at radius 3 is 1.76 bits per heavy atom. The van der Waals surface area contributed by atoms with Crippen molar-refractivity contribution in [2.45, 2.75) is 6.17 Å². The van der Waals surface area contributed by atoms with Crippen molar-refractivity contribution in [1.82, 2.24) is 0 Å². The molecule has 0 radical (unpaired) electrons. The summed E-state index contributed by atoms with van der Waals surface area (Å²) in [5, 5.41) is 0. The molecule has 1 aliphatic carbocycles. The first-order chi connectivity index (χ1) is 9.77. The van der Waals surface area contributed by atoms with E-state index in [1.807, 2.05) is 0 Å². The second-order valence-corrected chi connectivity index (χ2v) is 4.36. The first kappa shape index (κ1) is 13.8. The predicted octanol–water partition coefficient (Wildman–Crippen LogP) is 4.70. The van der Waals surface area contributed by atoms with E-state index >= 15 is 0 Å². The molecule has 0 saturated carbocycles. The number of hydrogen-bond donors (Lipinski definition) is 0. The highest BCUT2D eigenvalue weighted by Gasteiger charge is 2.41. The molecule has 0 amide bonds. The summed E-state index contributed by atoms with van der Waals surface area (Å²) in [4.78, 5) is 0. The molecule has 0 saturated heterocycles. The lowest BCUT2D eigenvalue weighted by Crippen LogP contribution is -2.03. The van der Waals surface area contributed by atoms with Crippen LogP contribution in [0.5, 0.6) is 0 Å². The van der Waals surface area contributed by atoms with Crippen molar-refractivity contribution < 1.29 is 35.1 Å². The van der Waals surface area contributed by atoms with Gasteiger partial charge in [0.2, 0.25) is 0 Å². The molecule has 0 spiro atoms. The average Bonchev–Trinajstić information content (AvgIpc) is 2.74. The summed E-state index contributed by atoms with van der Waals surface area (Å²) in [6.07, 6.45) is -2.65. The van der Waals surface area contributed by atoms with Gasteiger partial charge in [0.05, 0.1) is 0 Å². The van der Waals surface area contributed by atoms with Crippen LogP contribution in [0, 0.1) is 40.7 Å². The highest BCUT2D eigenvalue weighted by molar-refractivity contribution is 5.79. The highest BCUT2D eigenvalue weighted by Crippen LogP contribution is 2.50. The Bertz CT molecular complexity index is 796. The summed E-state index contributed by atoms with van der Waals surface area (Å²) in [7, 11) is 0.